The highest BCUT2D eigenvalue weighted by atomic mass is 32.1. The van der Waals surface area contributed by atoms with E-state index in [0.717, 1.165) is 28.0 Å². The van der Waals surface area contributed by atoms with Crippen molar-refractivity contribution in [3.8, 4) is 11.5 Å². The topological polar surface area (TPSA) is 42.4 Å². The summed E-state index contributed by atoms with van der Waals surface area (Å²) in [6, 6.07) is 33.1. The van der Waals surface area contributed by atoms with E-state index in [9.17, 15) is 4.79 Å². The standard InChI is InChI=1S/C29H24N2O2S/c1-2-22-13-10-18-26-27(22)30-29(34-26)31(20-21-11-5-3-6-12-21)28(32)23-14-9-17-25(19-23)33-24-15-7-4-8-16-24/h3-19H,2,20H2,1H3. The highest BCUT2D eigenvalue weighted by Gasteiger charge is 2.23. The Morgan fingerprint density at radius 3 is 2.32 bits per heavy atom. The highest BCUT2D eigenvalue weighted by molar-refractivity contribution is 7.22. The molecular weight excluding hydrogens is 440 g/mol. The maximum atomic E-state index is 13.8. The second kappa shape index (κ2) is 9.89. The summed E-state index contributed by atoms with van der Waals surface area (Å²) >= 11 is 1.55. The van der Waals surface area contributed by atoms with Crippen molar-refractivity contribution in [2.75, 3.05) is 4.90 Å². The Hall–Kier alpha value is -3.96. The van der Waals surface area contributed by atoms with Crippen molar-refractivity contribution in [3.63, 3.8) is 0 Å². The van der Waals surface area contributed by atoms with Gasteiger partial charge in [0.2, 0.25) is 0 Å². The minimum absolute atomic E-state index is 0.112. The fourth-order valence-corrected chi connectivity index (χ4v) is 4.87. The molecule has 5 heteroatoms. The predicted molar refractivity (Wildman–Crippen MR) is 139 cm³/mol. The Balaban J connectivity index is 1.52. The monoisotopic (exact) mass is 464 g/mol. The van der Waals surface area contributed by atoms with Crippen LogP contribution >= 0.6 is 11.3 Å². The van der Waals surface area contributed by atoms with Gasteiger partial charge in [-0.05, 0) is 53.9 Å². The predicted octanol–water partition coefficient (Wildman–Crippen LogP) is 7.50. The smallest absolute Gasteiger partial charge is 0.260 e. The lowest BCUT2D eigenvalue weighted by Gasteiger charge is -2.20. The molecule has 1 aromatic heterocycles. The molecule has 5 aromatic rings. The first-order valence-electron chi connectivity index (χ1n) is 11.3. The number of carbonyl (C=O) groups excluding carboxylic acids is 1. The molecule has 168 valence electrons. The average molecular weight is 465 g/mol. The molecule has 0 aliphatic heterocycles. The Labute approximate surface area is 203 Å². The molecule has 1 amide bonds. The van der Waals surface area contributed by atoms with Crippen LogP contribution in [0.5, 0.6) is 11.5 Å². The number of ether oxygens (including phenoxy) is 1. The molecule has 0 aliphatic rings. The van der Waals surface area contributed by atoms with Crippen molar-refractivity contribution in [1.29, 1.82) is 0 Å². The largest absolute Gasteiger partial charge is 0.457 e. The Morgan fingerprint density at radius 2 is 1.56 bits per heavy atom. The summed E-state index contributed by atoms with van der Waals surface area (Å²) in [7, 11) is 0. The number of hydrogen-bond acceptors (Lipinski definition) is 4. The molecular formula is C29H24N2O2S. The number of amides is 1. The molecule has 0 aliphatic carbocycles. The lowest BCUT2D eigenvalue weighted by atomic mass is 10.1. The molecule has 4 nitrogen and oxygen atoms in total. The van der Waals surface area contributed by atoms with Gasteiger partial charge in [0.05, 0.1) is 16.8 Å². The van der Waals surface area contributed by atoms with E-state index in [1.54, 1.807) is 22.3 Å². The third-order valence-corrected chi connectivity index (χ3v) is 6.64. The zero-order chi connectivity index (χ0) is 23.3. The van der Waals surface area contributed by atoms with Crippen LogP contribution in [0.1, 0.15) is 28.4 Å². The number of para-hydroxylation sites is 2. The fraction of sp³-hybridized carbons (Fsp3) is 0.103. The van der Waals surface area contributed by atoms with E-state index in [1.807, 2.05) is 78.9 Å². The van der Waals surface area contributed by atoms with Gasteiger partial charge in [-0.1, -0.05) is 85.0 Å². The molecule has 1 heterocycles. The quantitative estimate of drug-likeness (QED) is 0.250. The van der Waals surface area contributed by atoms with Gasteiger partial charge in [-0.3, -0.25) is 9.69 Å². The summed E-state index contributed by atoms with van der Waals surface area (Å²) in [5.74, 6) is 1.24. The van der Waals surface area contributed by atoms with Crippen LogP contribution in [0, 0.1) is 0 Å². The first-order valence-corrected chi connectivity index (χ1v) is 12.1. The summed E-state index contributed by atoms with van der Waals surface area (Å²) in [5, 5.41) is 0.694. The van der Waals surface area contributed by atoms with Crippen LogP contribution in [0.3, 0.4) is 0 Å². The van der Waals surface area contributed by atoms with Crippen LogP contribution in [0.15, 0.2) is 103 Å². The van der Waals surface area contributed by atoms with Gasteiger partial charge in [0, 0.05) is 5.56 Å². The van der Waals surface area contributed by atoms with E-state index >= 15 is 0 Å². The van der Waals surface area contributed by atoms with Crippen LogP contribution < -0.4 is 9.64 Å². The molecule has 0 unspecified atom stereocenters. The molecule has 0 radical (unpaired) electrons. The number of fused-ring (bicyclic) bond motifs is 1. The summed E-state index contributed by atoms with van der Waals surface area (Å²) in [6.07, 6.45) is 0.895. The minimum Gasteiger partial charge on any atom is -0.457 e. The lowest BCUT2D eigenvalue weighted by molar-refractivity contribution is 0.0985. The van der Waals surface area contributed by atoms with Crippen molar-refractivity contribution < 1.29 is 9.53 Å². The van der Waals surface area contributed by atoms with Gasteiger partial charge < -0.3 is 4.74 Å². The molecule has 0 N–H and O–H groups in total. The molecule has 0 saturated heterocycles. The first kappa shape index (κ1) is 21.9. The number of aryl methyl sites for hydroxylation is 1. The van der Waals surface area contributed by atoms with Gasteiger partial charge >= 0.3 is 0 Å². The number of carbonyl (C=O) groups is 1. The Bertz CT molecular complexity index is 1410. The van der Waals surface area contributed by atoms with E-state index in [0.29, 0.717) is 23.0 Å². The number of thiazole rings is 1. The van der Waals surface area contributed by atoms with Crippen LogP contribution in [-0.4, -0.2) is 10.9 Å². The van der Waals surface area contributed by atoms with E-state index in [-0.39, 0.29) is 5.91 Å². The molecule has 5 rings (SSSR count). The van der Waals surface area contributed by atoms with Crippen molar-refractivity contribution in [3.05, 3.63) is 120 Å². The Morgan fingerprint density at radius 1 is 0.853 bits per heavy atom. The molecule has 0 saturated carbocycles. The van der Waals surface area contributed by atoms with Gasteiger partial charge in [0.25, 0.3) is 5.91 Å². The fourth-order valence-electron chi connectivity index (χ4n) is 3.86. The van der Waals surface area contributed by atoms with Gasteiger partial charge in [-0.15, -0.1) is 0 Å². The normalized spacial score (nSPS) is 10.9. The third kappa shape index (κ3) is 4.70. The number of benzene rings is 4. The van der Waals surface area contributed by atoms with Crippen molar-refractivity contribution in [1.82, 2.24) is 4.98 Å². The van der Waals surface area contributed by atoms with E-state index in [4.69, 9.17) is 9.72 Å². The average Bonchev–Trinajstić information content (AvgIpc) is 3.32. The summed E-state index contributed by atoms with van der Waals surface area (Å²) < 4.78 is 7.05. The highest BCUT2D eigenvalue weighted by Crippen LogP contribution is 2.33. The summed E-state index contributed by atoms with van der Waals surface area (Å²) in [6.45, 7) is 2.56. The number of nitrogens with zero attached hydrogens (tertiary/aromatic N) is 2. The number of anilines is 1. The van der Waals surface area contributed by atoms with E-state index in [1.165, 1.54) is 5.56 Å². The van der Waals surface area contributed by atoms with Crippen LogP contribution in [-0.2, 0) is 13.0 Å². The zero-order valence-electron chi connectivity index (χ0n) is 18.8. The molecule has 0 bridgehead atoms. The third-order valence-electron chi connectivity index (χ3n) is 5.59. The van der Waals surface area contributed by atoms with E-state index in [2.05, 4.69) is 25.1 Å². The zero-order valence-corrected chi connectivity index (χ0v) is 19.7. The van der Waals surface area contributed by atoms with Gasteiger partial charge in [-0.2, -0.15) is 0 Å². The Kier molecular flexibility index (Phi) is 6.36. The van der Waals surface area contributed by atoms with Crippen molar-refractivity contribution >= 4 is 32.6 Å². The van der Waals surface area contributed by atoms with Gasteiger partial charge in [0.1, 0.15) is 11.5 Å². The van der Waals surface area contributed by atoms with Gasteiger partial charge in [0.15, 0.2) is 5.13 Å². The minimum atomic E-state index is -0.112. The molecule has 0 atom stereocenters. The van der Waals surface area contributed by atoms with Crippen molar-refractivity contribution in [2.45, 2.75) is 19.9 Å². The van der Waals surface area contributed by atoms with Crippen LogP contribution in [0.4, 0.5) is 5.13 Å². The second-order valence-corrected chi connectivity index (χ2v) is 8.94. The maximum absolute atomic E-state index is 13.8. The maximum Gasteiger partial charge on any atom is 0.260 e. The van der Waals surface area contributed by atoms with Gasteiger partial charge in [-0.25, -0.2) is 4.98 Å². The van der Waals surface area contributed by atoms with Crippen LogP contribution in [0.25, 0.3) is 10.2 Å². The first-order chi connectivity index (χ1) is 16.7. The van der Waals surface area contributed by atoms with E-state index < -0.39 is 0 Å². The van der Waals surface area contributed by atoms with Crippen LogP contribution in [0.2, 0.25) is 0 Å². The SMILES string of the molecule is CCc1cccc2sc(N(Cc3ccccc3)C(=O)c3cccc(Oc4ccccc4)c3)nc12. The summed E-state index contributed by atoms with van der Waals surface area (Å²) in [4.78, 5) is 20.5. The second-order valence-electron chi connectivity index (χ2n) is 7.93. The molecule has 0 fully saturated rings. The summed E-state index contributed by atoms with van der Waals surface area (Å²) in [5.41, 5.74) is 3.75. The number of hydrogen-bond donors (Lipinski definition) is 0. The number of aromatic nitrogens is 1. The molecule has 4 aromatic carbocycles. The van der Waals surface area contributed by atoms with Crippen molar-refractivity contribution in [2.24, 2.45) is 0 Å². The molecule has 0 spiro atoms. The molecule has 34 heavy (non-hydrogen) atoms. The number of rotatable bonds is 7. The lowest BCUT2D eigenvalue weighted by Crippen LogP contribution is -2.30.